The van der Waals surface area contributed by atoms with E-state index in [9.17, 15) is 37.6 Å². The molecule has 0 bridgehead atoms. The van der Waals surface area contributed by atoms with Crippen molar-refractivity contribution in [3.05, 3.63) is 94.0 Å². The number of hydrogen-bond donors (Lipinski definition) is 4. The van der Waals surface area contributed by atoms with E-state index in [1.54, 1.807) is 12.1 Å². The second-order valence-electron chi connectivity index (χ2n) is 9.96. The summed E-state index contributed by atoms with van der Waals surface area (Å²) in [5.74, 6) is -2.30. The van der Waals surface area contributed by atoms with Gasteiger partial charge in [-0.2, -0.15) is 13.2 Å². The van der Waals surface area contributed by atoms with Crippen LogP contribution < -0.4 is 22.0 Å². The smallest absolute Gasteiger partial charge is 0.423 e. The third kappa shape index (κ3) is 6.19. The normalized spacial score (nSPS) is 14.8. The van der Waals surface area contributed by atoms with Crippen molar-refractivity contribution in [2.24, 2.45) is 5.73 Å². The van der Waals surface area contributed by atoms with Crippen LogP contribution in [0.3, 0.4) is 0 Å². The molecule has 42 heavy (non-hydrogen) atoms. The molecule has 5 N–H and O–H groups in total. The van der Waals surface area contributed by atoms with Gasteiger partial charge in [0.1, 0.15) is 6.04 Å². The summed E-state index contributed by atoms with van der Waals surface area (Å²) in [6.45, 7) is -0.320. The number of carbonyl (C=O) groups excluding carboxylic acids is 3. The van der Waals surface area contributed by atoms with Gasteiger partial charge in [0.2, 0.25) is 5.91 Å². The van der Waals surface area contributed by atoms with Crippen LogP contribution in [0.15, 0.2) is 60.7 Å². The number of amides is 3. The molecule has 5 rings (SSSR count). The molecule has 15 heteroatoms. The Morgan fingerprint density at radius 1 is 0.905 bits per heavy atom. The van der Waals surface area contributed by atoms with Gasteiger partial charge in [-0.15, -0.1) is 0 Å². The van der Waals surface area contributed by atoms with E-state index >= 15 is 0 Å². The second-order valence-corrected chi connectivity index (χ2v) is 9.96. The number of nitrogens with one attached hydrogen (secondary N) is 1. The van der Waals surface area contributed by atoms with Gasteiger partial charge in [-0.25, -0.2) is 0 Å². The minimum absolute atomic E-state index is 0.109. The first kappa shape index (κ1) is 29.3. The highest BCUT2D eigenvalue weighted by Gasteiger charge is 2.33. The highest BCUT2D eigenvalue weighted by Crippen LogP contribution is 2.29. The van der Waals surface area contributed by atoms with Crippen LogP contribution in [0.1, 0.15) is 43.0 Å². The number of hydrogen-bond acceptors (Lipinski definition) is 7. The van der Waals surface area contributed by atoms with E-state index in [4.69, 9.17) is 15.0 Å². The summed E-state index contributed by atoms with van der Waals surface area (Å²) in [7, 11) is -2.43. The minimum atomic E-state index is -4.55. The molecule has 0 aliphatic carbocycles. The maximum atomic E-state index is 13.7. The minimum Gasteiger partial charge on any atom is -0.423 e. The van der Waals surface area contributed by atoms with E-state index in [-0.39, 0.29) is 30.9 Å². The monoisotopic (exact) mass is 581 g/mol. The van der Waals surface area contributed by atoms with Crippen LogP contribution in [0.2, 0.25) is 0 Å². The lowest BCUT2D eigenvalue weighted by Crippen LogP contribution is -2.52. The number of fused-ring (bicyclic) bond motifs is 2. The van der Waals surface area contributed by atoms with Crippen LogP contribution in [-0.4, -0.2) is 59.5 Å². The lowest BCUT2D eigenvalue weighted by Gasteiger charge is -2.27. The average molecular weight is 581 g/mol. The molecule has 10 nitrogen and oxygen atoms in total. The Hall–Kier alpha value is -4.17. The van der Waals surface area contributed by atoms with Gasteiger partial charge in [0, 0.05) is 17.7 Å². The zero-order valence-corrected chi connectivity index (χ0v) is 21.9. The number of primary amides is 1. The Kier molecular flexibility index (Phi) is 8.10. The molecule has 0 saturated heterocycles. The van der Waals surface area contributed by atoms with Crippen LogP contribution in [-0.2, 0) is 40.0 Å². The fraction of sp³-hybridized carbons (Fsp3) is 0.222. The maximum Gasteiger partial charge on any atom is 0.491 e. The van der Waals surface area contributed by atoms with Crippen LogP contribution in [0.4, 0.5) is 13.2 Å². The van der Waals surface area contributed by atoms with Gasteiger partial charge in [-0.1, -0.05) is 24.3 Å². The third-order valence-corrected chi connectivity index (χ3v) is 7.12. The topological polar surface area (TPSA) is 151 Å². The highest BCUT2D eigenvalue weighted by atomic mass is 19.4. The zero-order valence-electron chi connectivity index (χ0n) is 21.9. The third-order valence-electron chi connectivity index (χ3n) is 7.12. The van der Waals surface area contributed by atoms with Crippen molar-refractivity contribution in [2.45, 2.75) is 32.0 Å². The van der Waals surface area contributed by atoms with Crippen molar-refractivity contribution < 1.29 is 46.9 Å². The Morgan fingerprint density at radius 3 is 2.00 bits per heavy atom. The van der Waals surface area contributed by atoms with E-state index in [0.717, 1.165) is 12.1 Å². The van der Waals surface area contributed by atoms with Gasteiger partial charge in [0.15, 0.2) is 0 Å². The number of carbonyl (C=O) groups is 3. The lowest BCUT2D eigenvalue weighted by atomic mass is 9.78. The van der Waals surface area contributed by atoms with Gasteiger partial charge in [0.05, 0.1) is 25.3 Å². The van der Waals surface area contributed by atoms with E-state index in [1.807, 2.05) is 0 Å². The quantitative estimate of drug-likeness (QED) is 0.275. The summed E-state index contributed by atoms with van der Waals surface area (Å²) in [6.07, 6.45) is -4.55. The fourth-order valence-corrected chi connectivity index (χ4v) is 4.79. The lowest BCUT2D eigenvalue weighted by molar-refractivity contribution is -0.137. The van der Waals surface area contributed by atoms with E-state index in [0.29, 0.717) is 27.6 Å². The number of rotatable bonds is 8. The summed E-state index contributed by atoms with van der Waals surface area (Å²) in [4.78, 5) is 40.3. The Bertz CT molecular complexity index is 1540. The molecule has 0 unspecified atom stereocenters. The molecular weight excluding hydrogens is 557 g/mol. The molecule has 0 saturated carbocycles. The number of halogens is 3. The Morgan fingerprint density at radius 2 is 1.45 bits per heavy atom. The van der Waals surface area contributed by atoms with Crippen LogP contribution >= 0.6 is 0 Å². The molecule has 1 atom stereocenters. The molecule has 0 spiro atoms. The molecule has 3 aromatic carbocycles. The summed E-state index contributed by atoms with van der Waals surface area (Å²) in [5, 5.41) is 22.5. The molecule has 0 radical (unpaired) electrons. The van der Waals surface area contributed by atoms with Crippen molar-refractivity contribution >= 4 is 42.9 Å². The summed E-state index contributed by atoms with van der Waals surface area (Å²) in [5.41, 5.74) is 7.44. The fourth-order valence-electron chi connectivity index (χ4n) is 4.79. The van der Waals surface area contributed by atoms with Gasteiger partial charge in [-0.05, 0) is 64.0 Å². The molecule has 0 aromatic heterocycles. The van der Waals surface area contributed by atoms with E-state index in [2.05, 4.69) is 5.32 Å². The zero-order chi connectivity index (χ0) is 30.2. The van der Waals surface area contributed by atoms with Gasteiger partial charge in [-0.3, -0.25) is 14.4 Å². The van der Waals surface area contributed by atoms with Crippen molar-refractivity contribution in [2.75, 3.05) is 6.54 Å². The molecule has 216 valence electrons. The number of benzene rings is 3. The van der Waals surface area contributed by atoms with Crippen molar-refractivity contribution in [3.63, 3.8) is 0 Å². The first-order chi connectivity index (χ1) is 19.9. The standard InChI is InChI=1S/C27H24B2F3N3O7/c30-27(31,32)20-7-1-15(2-8-20)11-35(26(38)17-4-6-19-14-42-29(40)22(19)10-17)12-23(24(33)36)34-25(37)16-3-5-18-13-41-28(39)21(18)9-16/h1-10,23,39-40H,11-14H2,(H2,33,36)(H,34,37)/t23-/m0/s1. The van der Waals surface area contributed by atoms with Crippen molar-refractivity contribution in [1.82, 2.24) is 10.2 Å². The van der Waals surface area contributed by atoms with Crippen LogP contribution in [0.25, 0.3) is 0 Å². The average Bonchev–Trinajstić information content (AvgIpc) is 3.52. The highest BCUT2D eigenvalue weighted by molar-refractivity contribution is 6.62. The molecule has 2 aliphatic heterocycles. The van der Waals surface area contributed by atoms with Crippen molar-refractivity contribution in [3.8, 4) is 0 Å². The van der Waals surface area contributed by atoms with E-state index < -0.39 is 56.3 Å². The first-order valence-corrected chi connectivity index (χ1v) is 12.8. The summed E-state index contributed by atoms with van der Waals surface area (Å²) < 4.78 is 49.6. The summed E-state index contributed by atoms with van der Waals surface area (Å²) >= 11 is 0. The SMILES string of the molecule is NC(=O)[C@H](CN(Cc1ccc(C(F)(F)F)cc1)C(=O)c1ccc2c(c1)B(O)OC2)NC(=O)c1ccc2c(c1)B(O)OC2. The molecule has 3 amide bonds. The molecule has 2 aliphatic rings. The second kappa shape index (κ2) is 11.6. The molecule has 3 aromatic rings. The van der Waals surface area contributed by atoms with Crippen molar-refractivity contribution in [1.29, 1.82) is 0 Å². The van der Waals surface area contributed by atoms with E-state index in [1.165, 1.54) is 41.3 Å². The van der Waals surface area contributed by atoms with Gasteiger partial charge < -0.3 is 35.3 Å². The largest absolute Gasteiger partial charge is 0.491 e. The molecule has 0 fully saturated rings. The van der Waals surface area contributed by atoms with Crippen LogP contribution in [0, 0.1) is 0 Å². The van der Waals surface area contributed by atoms with Crippen LogP contribution in [0.5, 0.6) is 0 Å². The maximum absolute atomic E-state index is 13.7. The molecular formula is C27H24B2F3N3O7. The predicted octanol–water partition coefficient (Wildman–Crippen LogP) is 0.0671. The van der Waals surface area contributed by atoms with Gasteiger partial charge in [0.25, 0.3) is 11.8 Å². The predicted molar refractivity (Wildman–Crippen MR) is 144 cm³/mol. The number of alkyl halides is 3. The number of nitrogens with zero attached hydrogens (tertiary/aromatic N) is 1. The number of nitrogens with two attached hydrogens (primary N) is 1. The first-order valence-electron chi connectivity index (χ1n) is 12.8. The molecule has 2 heterocycles. The summed E-state index contributed by atoms with van der Waals surface area (Å²) in [6, 6.07) is 11.8. The Balaban J connectivity index is 1.41. The van der Waals surface area contributed by atoms with Gasteiger partial charge >= 0.3 is 20.4 Å². The Labute approximate surface area is 238 Å².